The minimum absolute atomic E-state index is 0.0421. The molecule has 1 atom stereocenters. The second-order valence-electron chi connectivity index (χ2n) is 5.28. The summed E-state index contributed by atoms with van der Waals surface area (Å²) in [7, 11) is 3.51. The molecule has 6 nitrogen and oxygen atoms in total. The molecule has 0 aromatic rings. The number of piperazine rings is 1. The predicted octanol–water partition coefficient (Wildman–Crippen LogP) is -0.654. The van der Waals surface area contributed by atoms with Crippen molar-refractivity contribution in [1.29, 1.82) is 0 Å². The van der Waals surface area contributed by atoms with E-state index in [0.717, 1.165) is 25.9 Å². The average Bonchev–Trinajstić information content (AvgIpc) is 2.39. The number of likely N-dealkylation sites (N-methyl/N-ethyl adjacent to an activating group) is 1. The third-order valence-corrected chi connectivity index (χ3v) is 3.46. The predicted molar refractivity (Wildman–Crippen MR) is 74.6 cm³/mol. The summed E-state index contributed by atoms with van der Waals surface area (Å²) in [5.41, 5.74) is 5.85. The summed E-state index contributed by atoms with van der Waals surface area (Å²) in [6, 6.07) is -0.375. The molecule has 1 fully saturated rings. The van der Waals surface area contributed by atoms with Gasteiger partial charge in [0.15, 0.2) is 0 Å². The van der Waals surface area contributed by atoms with Crippen LogP contribution in [0.4, 0.5) is 0 Å². The third-order valence-electron chi connectivity index (χ3n) is 3.46. The lowest BCUT2D eigenvalue weighted by molar-refractivity contribution is -0.135. The van der Waals surface area contributed by atoms with Crippen LogP contribution in [0.25, 0.3) is 0 Å². The molecule has 0 radical (unpaired) electrons. The first-order valence-electron chi connectivity index (χ1n) is 6.92. The highest BCUT2D eigenvalue weighted by atomic mass is 16.2. The SMILES string of the molecule is CCC[C@H](N)C(=O)N1CCN(CC(=O)N(C)C)CC1. The van der Waals surface area contributed by atoms with Gasteiger partial charge in [-0.15, -0.1) is 0 Å². The zero-order valence-electron chi connectivity index (χ0n) is 12.3. The quantitative estimate of drug-likeness (QED) is 0.720. The molecule has 0 unspecified atom stereocenters. The van der Waals surface area contributed by atoms with Gasteiger partial charge >= 0.3 is 0 Å². The molecule has 1 aliphatic heterocycles. The first-order chi connectivity index (χ1) is 8.95. The van der Waals surface area contributed by atoms with Gasteiger partial charge in [0, 0.05) is 40.3 Å². The fourth-order valence-electron chi connectivity index (χ4n) is 2.13. The largest absolute Gasteiger partial charge is 0.348 e. The van der Waals surface area contributed by atoms with E-state index in [2.05, 4.69) is 4.90 Å². The summed E-state index contributed by atoms with van der Waals surface area (Å²) < 4.78 is 0. The number of nitrogens with zero attached hydrogens (tertiary/aromatic N) is 3. The molecule has 0 aromatic heterocycles. The van der Waals surface area contributed by atoms with E-state index >= 15 is 0 Å². The summed E-state index contributed by atoms with van der Waals surface area (Å²) in [4.78, 5) is 29.1. The minimum atomic E-state index is -0.375. The Hall–Kier alpha value is -1.14. The first-order valence-corrected chi connectivity index (χ1v) is 6.92. The summed E-state index contributed by atoms with van der Waals surface area (Å²) in [5.74, 6) is 0.142. The Morgan fingerprint density at radius 3 is 2.26 bits per heavy atom. The van der Waals surface area contributed by atoms with Gasteiger partial charge in [0.1, 0.15) is 0 Å². The number of rotatable bonds is 5. The van der Waals surface area contributed by atoms with Crippen LogP contribution in [0, 0.1) is 0 Å². The number of hydrogen-bond donors (Lipinski definition) is 1. The molecule has 0 aromatic carbocycles. The van der Waals surface area contributed by atoms with Gasteiger partial charge in [0.25, 0.3) is 0 Å². The molecule has 0 bridgehead atoms. The van der Waals surface area contributed by atoms with Crippen LogP contribution in [0.15, 0.2) is 0 Å². The maximum absolute atomic E-state index is 12.0. The van der Waals surface area contributed by atoms with Gasteiger partial charge in [-0.25, -0.2) is 0 Å². The number of carbonyl (C=O) groups excluding carboxylic acids is 2. The van der Waals surface area contributed by atoms with E-state index in [-0.39, 0.29) is 17.9 Å². The molecule has 0 aliphatic carbocycles. The van der Waals surface area contributed by atoms with Gasteiger partial charge < -0.3 is 15.5 Å². The second-order valence-corrected chi connectivity index (χ2v) is 5.28. The van der Waals surface area contributed by atoms with Gasteiger partial charge in [0.05, 0.1) is 12.6 Å². The molecule has 1 heterocycles. The van der Waals surface area contributed by atoms with E-state index in [1.54, 1.807) is 19.0 Å². The minimum Gasteiger partial charge on any atom is -0.348 e. The van der Waals surface area contributed by atoms with Gasteiger partial charge in [0.2, 0.25) is 11.8 Å². The van der Waals surface area contributed by atoms with E-state index in [4.69, 9.17) is 5.73 Å². The molecule has 0 saturated carbocycles. The topological polar surface area (TPSA) is 69.9 Å². The monoisotopic (exact) mass is 270 g/mol. The Morgan fingerprint density at radius 1 is 1.21 bits per heavy atom. The summed E-state index contributed by atoms with van der Waals surface area (Å²) in [6.07, 6.45) is 1.66. The first kappa shape index (κ1) is 15.9. The van der Waals surface area contributed by atoms with E-state index in [0.29, 0.717) is 19.6 Å². The number of carbonyl (C=O) groups is 2. The molecule has 2 amide bonds. The highest BCUT2D eigenvalue weighted by Crippen LogP contribution is 2.06. The Morgan fingerprint density at radius 2 is 1.79 bits per heavy atom. The van der Waals surface area contributed by atoms with E-state index in [1.807, 2.05) is 11.8 Å². The van der Waals surface area contributed by atoms with Crippen molar-refractivity contribution in [3.63, 3.8) is 0 Å². The molecule has 6 heteroatoms. The van der Waals surface area contributed by atoms with Crippen molar-refractivity contribution in [3.8, 4) is 0 Å². The fourth-order valence-corrected chi connectivity index (χ4v) is 2.13. The standard InChI is InChI=1S/C13H26N4O2/c1-4-5-11(14)13(19)17-8-6-16(7-9-17)10-12(18)15(2)3/h11H,4-10,14H2,1-3H3/t11-/m0/s1. The average molecular weight is 270 g/mol. The lowest BCUT2D eigenvalue weighted by Crippen LogP contribution is -2.54. The summed E-state index contributed by atoms with van der Waals surface area (Å²) in [5, 5.41) is 0. The molecular weight excluding hydrogens is 244 g/mol. The van der Waals surface area contributed by atoms with Crippen LogP contribution in [-0.4, -0.2) is 79.4 Å². The van der Waals surface area contributed by atoms with Gasteiger partial charge in [-0.05, 0) is 6.42 Å². The van der Waals surface area contributed by atoms with Crippen molar-refractivity contribution >= 4 is 11.8 Å². The van der Waals surface area contributed by atoms with Crippen molar-refractivity contribution in [3.05, 3.63) is 0 Å². The van der Waals surface area contributed by atoms with Crippen molar-refractivity contribution in [2.24, 2.45) is 5.73 Å². The number of hydrogen-bond acceptors (Lipinski definition) is 4. The Bertz CT molecular complexity index is 312. The number of nitrogens with two attached hydrogens (primary N) is 1. The van der Waals surface area contributed by atoms with Crippen molar-refractivity contribution in [2.75, 3.05) is 46.8 Å². The Balaban J connectivity index is 2.36. The van der Waals surface area contributed by atoms with E-state index in [9.17, 15) is 9.59 Å². The van der Waals surface area contributed by atoms with E-state index < -0.39 is 0 Å². The maximum atomic E-state index is 12.0. The molecule has 1 aliphatic rings. The van der Waals surface area contributed by atoms with Crippen molar-refractivity contribution in [1.82, 2.24) is 14.7 Å². The van der Waals surface area contributed by atoms with Crippen molar-refractivity contribution < 1.29 is 9.59 Å². The highest BCUT2D eigenvalue weighted by molar-refractivity contribution is 5.81. The Labute approximate surface area is 115 Å². The van der Waals surface area contributed by atoms with Crippen LogP contribution in [0.5, 0.6) is 0 Å². The van der Waals surface area contributed by atoms with Gasteiger partial charge in [-0.2, -0.15) is 0 Å². The third kappa shape index (κ3) is 4.80. The molecule has 0 spiro atoms. The maximum Gasteiger partial charge on any atom is 0.239 e. The van der Waals surface area contributed by atoms with E-state index in [1.165, 1.54) is 0 Å². The van der Waals surface area contributed by atoms with Gasteiger partial charge in [-0.3, -0.25) is 14.5 Å². The van der Waals surface area contributed by atoms with Crippen molar-refractivity contribution in [2.45, 2.75) is 25.8 Å². The van der Waals surface area contributed by atoms with Crippen LogP contribution in [0.1, 0.15) is 19.8 Å². The highest BCUT2D eigenvalue weighted by Gasteiger charge is 2.25. The molecule has 1 saturated heterocycles. The van der Waals surface area contributed by atoms with Crippen LogP contribution in [0.3, 0.4) is 0 Å². The Kier molecular flexibility index (Phi) is 6.24. The van der Waals surface area contributed by atoms with Crippen LogP contribution < -0.4 is 5.73 Å². The molecular formula is C13H26N4O2. The van der Waals surface area contributed by atoms with Crippen LogP contribution in [0.2, 0.25) is 0 Å². The molecule has 19 heavy (non-hydrogen) atoms. The zero-order chi connectivity index (χ0) is 14.4. The lowest BCUT2D eigenvalue weighted by atomic mass is 10.1. The molecule has 2 N–H and O–H groups in total. The lowest BCUT2D eigenvalue weighted by Gasteiger charge is -2.35. The smallest absolute Gasteiger partial charge is 0.239 e. The molecule has 110 valence electrons. The normalized spacial score (nSPS) is 18.2. The van der Waals surface area contributed by atoms with Crippen LogP contribution in [-0.2, 0) is 9.59 Å². The zero-order valence-corrected chi connectivity index (χ0v) is 12.3. The van der Waals surface area contributed by atoms with Gasteiger partial charge in [-0.1, -0.05) is 13.3 Å². The summed E-state index contributed by atoms with van der Waals surface area (Å²) in [6.45, 7) is 5.26. The fraction of sp³-hybridized carbons (Fsp3) is 0.846. The summed E-state index contributed by atoms with van der Waals surface area (Å²) >= 11 is 0. The second kappa shape index (κ2) is 7.45. The number of amides is 2. The van der Waals surface area contributed by atoms with Crippen LogP contribution >= 0.6 is 0 Å². The molecule has 1 rings (SSSR count).